The summed E-state index contributed by atoms with van der Waals surface area (Å²) in [7, 11) is 0. The Morgan fingerprint density at radius 2 is 1.95 bits per heavy atom. The van der Waals surface area contributed by atoms with Crippen molar-refractivity contribution in [1.82, 2.24) is 4.98 Å². The molecule has 1 aliphatic carbocycles. The van der Waals surface area contributed by atoms with Crippen LogP contribution in [0.3, 0.4) is 0 Å². The van der Waals surface area contributed by atoms with Gasteiger partial charge in [0, 0.05) is 18.1 Å². The van der Waals surface area contributed by atoms with Crippen LogP contribution in [0.1, 0.15) is 36.0 Å². The number of hydrogen-bond donors (Lipinski definition) is 0. The molecule has 0 amide bonds. The molecule has 1 aliphatic rings. The molecule has 0 aliphatic heterocycles. The molecular weight excluding hydrogens is 301 g/mol. The van der Waals surface area contributed by atoms with E-state index in [9.17, 15) is 13.2 Å². The van der Waals surface area contributed by atoms with Gasteiger partial charge in [-0.1, -0.05) is 29.3 Å². The van der Waals surface area contributed by atoms with E-state index in [0.29, 0.717) is 0 Å². The fourth-order valence-corrected chi connectivity index (χ4v) is 3.39. The third-order valence-corrected chi connectivity index (χ3v) is 4.45. The van der Waals surface area contributed by atoms with E-state index in [2.05, 4.69) is 4.98 Å². The number of rotatable bonds is 4. The molecule has 3 nitrogen and oxygen atoms in total. The number of hydrogen-bond acceptors (Lipinski definition) is 3. The van der Waals surface area contributed by atoms with Gasteiger partial charge < -0.3 is 4.55 Å². The number of nitrogens with zero attached hydrogens (tertiary/aromatic N) is 1. The highest BCUT2D eigenvalue weighted by atomic mass is 32.2. The van der Waals surface area contributed by atoms with Crippen LogP contribution in [-0.4, -0.2) is 13.7 Å². The smallest absolute Gasteiger partial charge is 0.127 e. The lowest BCUT2D eigenvalue weighted by atomic mass is 9.97. The fourth-order valence-electron chi connectivity index (χ4n) is 2.90. The average molecular weight is 316 g/mol. The Bertz CT molecular complexity index is 744. The summed E-state index contributed by atoms with van der Waals surface area (Å²) in [5.74, 6) is -0.757. The van der Waals surface area contributed by atoms with Gasteiger partial charge in [0.25, 0.3) is 0 Å². The van der Waals surface area contributed by atoms with E-state index < -0.39 is 16.9 Å². The quantitative estimate of drug-likeness (QED) is 0.808. The predicted octanol–water partition coefficient (Wildman–Crippen LogP) is 3.69. The molecular formula is C17H15FNO2S-. The van der Waals surface area contributed by atoms with Gasteiger partial charge in [-0.15, -0.1) is 0 Å². The molecule has 0 spiro atoms. The molecule has 0 radical (unpaired) electrons. The fraction of sp³-hybridized carbons (Fsp3) is 0.235. The molecule has 1 heterocycles. The summed E-state index contributed by atoms with van der Waals surface area (Å²) >= 11 is -2.28. The summed E-state index contributed by atoms with van der Waals surface area (Å²) in [4.78, 5) is 4.14. The van der Waals surface area contributed by atoms with Crippen molar-refractivity contribution in [1.29, 1.82) is 0 Å². The van der Waals surface area contributed by atoms with E-state index in [1.165, 1.54) is 11.6 Å². The molecule has 0 fully saturated rings. The van der Waals surface area contributed by atoms with Gasteiger partial charge in [-0.05, 0) is 59.2 Å². The zero-order chi connectivity index (χ0) is 15.5. The highest BCUT2D eigenvalue weighted by Gasteiger charge is 2.18. The van der Waals surface area contributed by atoms with Crippen LogP contribution in [0.4, 0.5) is 4.39 Å². The molecule has 5 heteroatoms. The largest absolute Gasteiger partial charge is 0.772 e. The highest BCUT2D eigenvalue weighted by molar-refractivity contribution is 7.78. The molecule has 3 rings (SSSR count). The maximum absolute atomic E-state index is 14.1. The molecule has 1 aromatic heterocycles. The summed E-state index contributed by atoms with van der Waals surface area (Å²) in [5.41, 5.74) is 4.43. The second-order valence-corrected chi connectivity index (χ2v) is 6.20. The van der Waals surface area contributed by atoms with Crippen LogP contribution in [0.5, 0.6) is 0 Å². The van der Waals surface area contributed by atoms with Crippen LogP contribution in [-0.2, 0) is 16.8 Å². The zero-order valence-electron chi connectivity index (χ0n) is 11.9. The third kappa shape index (κ3) is 3.15. The molecule has 114 valence electrons. The molecule has 0 bridgehead atoms. The number of halogens is 1. The summed E-state index contributed by atoms with van der Waals surface area (Å²) in [6.07, 6.45) is 6.45. The second-order valence-electron chi connectivity index (χ2n) is 5.31. The average Bonchev–Trinajstić information content (AvgIpc) is 2.99. The first-order valence-electron chi connectivity index (χ1n) is 7.12. The molecule has 22 heavy (non-hydrogen) atoms. The molecule has 0 saturated heterocycles. The van der Waals surface area contributed by atoms with Gasteiger partial charge in [-0.25, -0.2) is 4.39 Å². The van der Waals surface area contributed by atoms with Crippen LogP contribution in [0.15, 0.2) is 42.7 Å². The Labute approximate surface area is 131 Å². The lowest BCUT2D eigenvalue weighted by Gasteiger charge is -2.11. The summed E-state index contributed by atoms with van der Waals surface area (Å²) < 4.78 is 35.5. The van der Waals surface area contributed by atoms with E-state index in [0.717, 1.165) is 36.0 Å². The maximum atomic E-state index is 14.1. The molecule has 0 saturated carbocycles. The number of benzene rings is 1. The highest BCUT2D eigenvalue weighted by Crippen LogP contribution is 2.39. The van der Waals surface area contributed by atoms with Crippen LogP contribution in [0.2, 0.25) is 0 Å². The minimum atomic E-state index is -2.28. The lowest BCUT2D eigenvalue weighted by molar-refractivity contribution is 0.533. The summed E-state index contributed by atoms with van der Waals surface area (Å²) in [6, 6.07) is 8.72. The van der Waals surface area contributed by atoms with Crippen molar-refractivity contribution < 1.29 is 13.2 Å². The summed E-state index contributed by atoms with van der Waals surface area (Å²) in [5, 5.41) is 0. The number of aromatic nitrogens is 1. The molecule has 2 aromatic rings. The predicted molar refractivity (Wildman–Crippen MR) is 83.9 cm³/mol. The van der Waals surface area contributed by atoms with E-state index in [1.54, 1.807) is 12.3 Å². The minimum absolute atomic E-state index is 0.207. The zero-order valence-corrected chi connectivity index (χ0v) is 12.7. The van der Waals surface area contributed by atoms with Crippen molar-refractivity contribution in [2.24, 2.45) is 0 Å². The Morgan fingerprint density at radius 3 is 2.59 bits per heavy atom. The monoisotopic (exact) mass is 316 g/mol. The first-order valence-corrected chi connectivity index (χ1v) is 8.36. The van der Waals surface area contributed by atoms with Gasteiger partial charge in [-0.3, -0.25) is 9.19 Å². The third-order valence-electron chi connectivity index (χ3n) is 3.90. The first-order chi connectivity index (χ1) is 10.6. The Hall–Kier alpha value is -1.85. The van der Waals surface area contributed by atoms with Crippen LogP contribution >= 0.6 is 0 Å². The van der Waals surface area contributed by atoms with E-state index in [1.807, 2.05) is 24.4 Å². The SMILES string of the molecule is O=S([O-])Cc1ccc(C2=C(c3cccnc3)CCC2)cc1F. The van der Waals surface area contributed by atoms with E-state index in [4.69, 9.17) is 0 Å². The van der Waals surface area contributed by atoms with E-state index >= 15 is 0 Å². The van der Waals surface area contributed by atoms with Crippen molar-refractivity contribution in [3.05, 3.63) is 65.2 Å². The van der Waals surface area contributed by atoms with Gasteiger partial charge >= 0.3 is 0 Å². The van der Waals surface area contributed by atoms with Gasteiger partial charge in [0.05, 0.1) is 0 Å². The van der Waals surface area contributed by atoms with Crippen LogP contribution < -0.4 is 0 Å². The number of allylic oxidation sites excluding steroid dienone is 2. The van der Waals surface area contributed by atoms with Gasteiger partial charge in [-0.2, -0.15) is 0 Å². The molecule has 1 aromatic carbocycles. The normalized spacial score (nSPS) is 16.1. The van der Waals surface area contributed by atoms with Gasteiger partial charge in [0.1, 0.15) is 5.82 Å². The maximum Gasteiger partial charge on any atom is 0.127 e. The van der Waals surface area contributed by atoms with E-state index in [-0.39, 0.29) is 11.3 Å². The Balaban J connectivity index is 1.99. The Kier molecular flexibility index (Phi) is 4.45. The minimum Gasteiger partial charge on any atom is -0.772 e. The standard InChI is InChI=1S/C17H16FNO2S/c18-17-9-12(6-7-14(17)11-22(20)21)15-4-1-5-16(15)13-3-2-8-19-10-13/h2-3,6-10H,1,4-5,11H2,(H,20,21)/p-1. The van der Waals surface area contributed by atoms with Crippen molar-refractivity contribution in [3.8, 4) is 0 Å². The van der Waals surface area contributed by atoms with Crippen LogP contribution in [0, 0.1) is 5.82 Å². The first kappa shape index (κ1) is 15.1. The Morgan fingerprint density at radius 1 is 1.18 bits per heavy atom. The lowest BCUT2D eigenvalue weighted by Crippen LogP contribution is -1.98. The molecule has 0 N–H and O–H groups in total. The number of pyridine rings is 1. The van der Waals surface area contributed by atoms with Gasteiger partial charge in [0.15, 0.2) is 0 Å². The van der Waals surface area contributed by atoms with Gasteiger partial charge in [0.2, 0.25) is 0 Å². The second kappa shape index (κ2) is 6.50. The van der Waals surface area contributed by atoms with Crippen molar-refractivity contribution in [2.75, 3.05) is 0 Å². The topological polar surface area (TPSA) is 53.0 Å². The molecule has 1 unspecified atom stereocenters. The van der Waals surface area contributed by atoms with Crippen molar-refractivity contribution in [3.63, 3.8) is 0 Å². The van der Waals surface area contributed by atoms with Crippen molar-refractivity contribution >= 4 is 22.2 Å². The summed E-state index contributed by atoms with van der Waals surface area (Å²) in [6.45, 7) is 0. The molecule has 1 atom stereocenters. The van der Waals surface area contributed by atoms with Crippen molar-refractivity contribution in [2.45, 2.75) is 25.0 Å². The van der Waals surface area contributed by atoms with Crippen LogP contribution in [0.25, 0.3) is 11.1 Å².